The molecule has 0 aromatic carbocycles. The van der Waals surface area contributed by atoms with Gasteiger partial charge in [-0.2, -0.15) is 0 Å². The fourth-order valence-electron chi connectivity index (χ4n) is 1.14. The molecule has 0 amide bonds. The summed E-state index contributed by atoms with van der Waals surface area (Å²) in [6.45, 7) is 0.247. The molecule has 17 heavy (non-hydrogen) atoms. The Morgan fingerprint density at radius 1 is 1.35 bits per heavy atom. The van der Waals surface area contributed by atoms with E-state index < -0.39 is 18.8 Å². The lowest BCUT2D eigenvalue weighted by molar-refractivity contribution is 0.373. The van der Waals surface area contributed by atoms with Crippen LogP contribution in [0.3, 0.4) is 0 Å². The topological polar surface area (TPSA) is 112 Å². The van der Waals surface area contributed by atoms with Gasteiger partial charge in [0.2, 0.25) is 0 Å². The highest BCUT2D eigenvalue weighted by Crippen LogP contribution is 2.34. The lowest BCUT2D eigenvalue weighted by Crippen LogP contribution is -2.28. The van der Waals surface area contributed by atoms with Crippen LogP contribution in [0.2, 0.25) is 0 Å². The van der Waals surface area contributed by atoms with E-state index in [0.29, 0.717) is 0 Å². The molecule has 0 aliphatic heterocycles. The van der Waals surface area contributed by atoms with Crippen LogP contribution in [-0.2, 0) is 11.1 Å². The molecule has 94 valence electrons. The zero-order chi connectivity index (χ0) is 12.9. The van der Waals surface area contributed by atoms with E-state index in [4.69, 9.17) is 9.79 Å². The fourth-order valence-corrected chi connectivity index (χ4v) is 1.62. The van der Waals surface area contributed by atoms with Crippen molar-refractivity contribution < 1.29 is 14.4 Å². The molecular formula is C9H13N2O5P. The molecule has 0 atom stereocenters. The van der Waals surface area contributed by atoms with Crippen LogP contribution in [0.15, 0.2) is 34.0 Å². The zero-order valence-electron chi connectivity index (χ0n) is 8.94. The second-order valence-electron chi connectivity index (χ2n) is 3.41. The second kappa shape index (κ2) is 5.77. The molecule has 1 aromatic rings. The highest BCUT2D eigenvalue weighted by Gasteiger charge is 2.09. The van der Waals surface area contributed by atoms with E-state index >= 15 is 0 Å². The summed E-state index contributed by atoms with van der Waals surface area (Å²) < 4.78 is 11.8. The minimum atomic E-state index is -3.96. The Bertz CT molecular complexity index is 553. The smallest absolute Gasteiger partial charge is 0.324 e. The summed E-state index contributed by atoms with van der Waals surface area (Å²) in [6, 6.07) is 1.23. The van der Waals surface area contributed by atoms with Crippen molar-refractivity contribution in [2.24, 2.45) is 0 Å². The SMILES string of the molecule is O=c1ccn(C/C=C/CCP(=O)(O)O)c(=O)[nH]1. The maximum Gasteiger partial charge on any atom is 0.328 e. The van der Waals surface area contributed by atoms with Gasteiger partial charge < -0.3 is 9.79 Å². The van der Waals surface area contributed by atoms with Gasteiger partial charge in [0.05, 0.1) is 6.16 Å². The molecule has 0 aliphatic carbocycles. The monoisotopic (exact) mass is 260 g/mol. The number of nitrogens with one attached hydrogen (secondary N) is 1. The van der Waals surface area contributed by atoms with Gasteiger partial charge >= 0.3 is 13.3 Å². The van der Waals surface area contributed by atoms with Crippen molar-refractivity contribution in [3.63, 3.8) is 0 Å². The summed E-state index contributed by atoms with van der Waals surface area (Å²) >= 11 is 0. The molecule has 0 saturated heterocycles. The summed E-state index contributed by atoms with van der Waals surface area (Å²) in [6.07, 6.45) is 4.56. The lowest BCUT2D eigenvalue weighted by Gasteiger charge is -2.00. The molecule has 8 heteroatoms. The predicted molar refractivity (Wildman–Crippen MR) is 62.0 cm³/mol. The third-order valence-electron chi connectivity index (χ3n) is 1.95. The van der Waals surface area contributed by atoms with Crippen LogP contribution < -0.4 is 11.2 Å². The number of allylic oxidation sites excluding steroid dienone is 2. The normalized spacial score (nSPS) is 12.1. The van der Waals surface area contributed by atoms with Crippen molar-refractivity contribution in [2.45, 2.75) is 13.0 Å². The van der Waals surface area contributed by atoms with E-state index in [1.54, 1.807) is 12.2 Å². The van der Waals surface area contributed by atoms with Crippen LogP contribution in [0.5, 0.6) is 0 Å². The molecule has 7 nitrogen and oxygen atoms in total. The number of hydrogen-bond donors (Lipinski definition) is 3. The highest BCUT2D eigenvalue weighted by molar-refractivity contribution is 7.51. The molecule has 3 N–H and O–H groups in total. The standard InChI is InChI=1S/C9H13N2O5P/c12-8-4-6-11(9(13)10-8)5-2-1-3-7-17(14,15)16/h1-2,4,6H,3,5,7H2,(H,10,12,13)(H2,14,15,16)/b2-1+. The zero-order valence-corrected chi connectivity index (χ0v) is 9.84. The van der Waals surface area contributed by atoms with Gasteiger partial charge in [-0.25, -0.2) is 4.79 Å². The summed E-state index contributed by atoms with van der Waals surface area (Å²) in [5.74, 6) is 0. The van der Waals surface area contributed by atoms with Crippen molar-refractivity contribution in [2.75, 3.05) is 6.16 Å². The van der Waals surface area contributed by atoms with Gasteiger partial charge in [0.15, 0.2) is 0 Å². The first-order valence-corrected chi connectivity index (χ1v) is 6.67. The molecule has 0 spiro atoms. The van der Waals surface area contributed by atoms with Crippen LogP contribution in [0.1, 0.15) is 6.42 Å². The minimum absolute atomic E-state index is 0.218. The van der Waals surface area contributed by atoms with Crippen LogP contribution in [0.25, 0.3) is 0 Å². The van der Waals surface area contributed by atoms with Crippen molar-refractivity contribution in [1.82, 2.24) is 9.55 Å². The van der Waals surface area contributed by atoms with Crippen LogP contribution >= 0.6 is 7.60 Å². The Labute approximate surface area is 96.6 Å². The molecule has 0 unspecified atom stereocenters. The van der Waals surface area contributed by atoms with Gasteiger partial charge in [0, 0.05) is 18.8 Å². The number of aromatic amines is 1. The predicted octanol–water partition coefficient (Wildman–Crippen LogP) is -0.339. The van der Waals surface area contributed by atoms with E-state index in [9.17, 15) is 14.2 Å². The molecule has 0 saturated carbocycles. The quantitative estimate of drug-likeness (QED) is 0.495. The van der Waals surface area contributed by atoms with Crippen molar-refractivity contribution in [3.8, 4) is 0 Å². The Morgan fingerprint density at radius 3 is 2.65 bits per heavy atom. The van der Waals surface area contributed by atoms with Gasteiger partial charge in [-0.1, -0.05) is 12.2 Å². The summed E-state index contributed by atoms with van der Waals surface area (Å²) in [4.78, 5) is 41.2. The first-order valence-electron chi connectivity index (χ1n) is 4.88. The molecule has 1 aromatic heterocycles. The van der Waals surface area contributed by atoms with Gasteiger partial charge in [-0.05, 0) is 6.42 Å². The fraction of sp³-hybridized carbons (Fsp3) is 0.333. The van der Waals surface area contributed by atoms with Gasteiger partial charge in [0.25, 0.3) is 5.56 Å². The van der Waals surface area contributed by atoms with Crippen LogP contribution in [0, 0.1) is 0 Å². The number of aromatic nitrogens is 2. The number of hydrogen-bond acceptors (Lipinski definition) is 3. The Balaban J connectivity index is 2.51. The Morgan fingerprint density at radius 2 is 2.06 bits per heavy atom. The molecule has 0 bridgehead atoms. The van der Waals surface area contributed by atoms with Crippen molar-refractivity contribution in [3.05, 3.63) is 45.3 Å². The maximum absolute atomic E-state index is 11.2. The molecule has 0 aliphatic rings. The first kappa shape index (κ1) is 13.6. The van der Waals surface area contributed by atoms with Gasteiger partial charge in [-0.15, -0.1) is 0 Å². The minimum Gasteiger partial charge on any atom is -0.324 e. The van der Waals surface area contributed by atoms with E-state index in [-0.39, 0.29) is 19.1 Å². The average molecular weight is 260 g/mol. The summed E-state index contributed by atoms with van der Waals surface area (Å²) in [5, 5.41) is 0. The average Bonchev–Trinajstić information content (AvgIpc) is 2.18. The summed E-state index contributed by atoms with van der Waals surface area (Å²) in [5.41, 5.74) is -0.978. The van der Waals surface area contributed by atoms with E-state index in [2.05, 4.69) is 4.98 Å². The van der Waals surface area contributed by atoms with Gasteiger partial charge in [-0.3, -0.25) is 18.9 Å². The first-order chi connectivity index (χ1) is 7.88. The number of nitrogens with zero attached hydrogens (tertiary/aromatic N) is 1. The molecular weight excluding hydrogens is 247 g/mol. The van der Waals surface area contributed by atoms with E-state index in [0.717, 1.165) is 0 Å². The lowest BCUT2D eigenvalue weighted by atomic mass is 10.4. The molecule has 1 rings (SSSR count). The Kier molecular flexibility index (Phi) is 4.62. The van der Waals surface area contributed by atoms with E-state index in [1.807, 2.05) is 0 Å². The summed E-state index contributed by atoms with van der Waals surface area (Å²) in [7, 11) is -3.96. The van der Waals surface area contributed by atoms with Crippen molar-refractivity contribution in [1.29, 1.82) is 0 Å². The highest BCUT2D eigenvalue weighted by atomic mass is 31.2. The Hall–Kier alpha value is -1.43. The largest absolute Gasteiger partial charge is 0.328 e. The van der Waals surface area contributed by atoms with E-state index in [1.165, 1.54) is 16.8 Å². The third-order valence-corrected chi connectivity index (χ3v) is 2.79. The van der Waals surface area contributed by atoms with Crippen molar-refractivity contribution >= 4 is 7.60 Å². The number of rotatable bonds is 5. The molecule has 0 radical (unpaired) electrons. The maximum atomic E-state index is 11.2. The molecule has 1 heterocycles. The van der Waals surface area contributed by atoms with Crippen LogP contribution in [-0.4, -0.2) is 25.5 Å². The molecule has 0 fully saturated rings. The van der Waals surface area contributed by atoms with Gasteiger partial charge in [0.1, 0.15) is 0 Å². The second-order valence-corrected chi connectivity index (χ2v) is 5.19. The van der Waals surface area contributed by atoms with Crippen LogP contribution in [0.4, 0.5) is 0 Å². The third kappa shape index (κ3) is 5.44. The number of H-pyrrole nitrogens is 1.